The maximum Gasteiger partial charge on any atom is 0.255 e. The Labute approximate surface area is 152 Å². The molecule has 5 nitrogen and oxygen atoms in total. The Balaban J connectivity index is 1.59. The smallest absolute Gasteiger partial charge is 0.255 e. The van der Waals surface area contributed by atoms with Crippen molar-refractivity contribution >= 4 is 11.6 Å². The molecule has 1 aromatic heterocycles. The number of carbonyl (C=O) groups is 1. The monoisotopic (exact) mass is 348 g/mol. The normalized spacial score (nSPS) is 13.1. The molecule has 5 heteroatoms. The highest BCUT2D eigenvalue weighted by atomic mass is 16.5. The second-order valence-electron chi connectivity index (χ2n) is 6.21. The maximum absolute atomic E-state index is 12.7. The molecular formula is C21H20N2O3. The number of carbonyl (C=O) groups excluding carboxylic acids is 1. The molecule has 26 heavy (non-hydrogen) atoms. The molecule has 132 valence electrons. The minimum Gasteiger partial charge on any atom is -0.490 e. The van der Waals surface area contributed by atoms with Gasteiger partial charge in [0.15, 0.2) is 11.5 Å². The van der Waals surface area contributed by atoms with E-state index in [4.69, 9.17) is 9.47 Å². The zero-order valence-corrected chi connectivity index (χ0v) is 14.6. The van der Waals surface area contributed by atoms with E-state index < -0.39 is 0 Å². The molecule has 1 aliphatic heterocycles. The van der Waals surface area contributed by atoms with Crippen LogP contribution in [0, 0.1) is 6.92 Å². The molecule has 0 fully saturated rings. The lowest BCUT2D eigenvalue weighted by molar-refractivity contribution is 0.102. The summed E-state index contributed by atoms with van der Waals surface area (Å²) >= 11 is 0. The Kier molecular flexibility index (Phi) is 4.35. The Morgan fingerprint density at radius 3 is 2.58 bits per heavy atom. The standard InChI is InChI=1S/C21H20N2O3/c1-15-17(6-4-7-18(15)23-10-2-3-11-23)22-21(24)16-8-9-19-20(14-16)26-13-5-12-25-19/h2-4,6-11,14H,5,12-13H2,1H3,(H,22,24). The second kappa shape index (κ2) is 6.96. The molecule has 0 saturated carbocycles. The zero-order chi connectivity index (χ0) is 17.9. The Morgan fingerprint density at radius 1 is 1.00 bits per heavy atom. The first-order chi connectivity index (χ1) is 12.7. The van der Waals surface area contributed by atoms with E-state index in [1.165, 1.54) is 0 Å². The van der Waals surface area contributed by atoms with Gasteiger partial charge in [-0.3, -0.25) is 4.79 Å². The van der Waals surface area contributed by atoms with Crippen molar-refractivity contribution in [1.82, 2.24) is 4.57 Å². The van der Waals surface area contributed by atoms with Crippen LogP contribution in [0.5, 0.6) is 11.5 Å². The van der Waals surface area contributed by atoms with Crippen molar-refractivity contribution < 1.29 is 14.3 Å². The van der Waals surface area contributed by atoms with Gasteiger partial charge in [-0.05, 0) is 55.0 Å². The van der Waals surface area contributed by atoms with E-state index >= 15 is 0 Å². The van der Waals surface area contributed by atoms with Crippen molar-refractivity contribution in [3.05, 3.63) is 72.1 Å². The Morgan fingerprint density at radius 2 is 1.77 bits per heavy atom. The quantitative estimate of drug-likeness (QED) is 0.772. The van der Waals surface area contributed by atoms with Gasteiger partial charge >= 0.3 is 0 Å². The molecule has 0 unspecified atom stereocenters. The molecule has 0 aliphatic carbocycles. The molecule has 0 saturated heterocycles. The number of amides is 1. The van der Waals surface area contributed by atoms with E-state index in [9.17, 15) is 4.79 Å². The highest BCUT2D eigenvalue weighted by Gasteiger charge is 2.15. The van der Waals surface area contributed by atoms with Crippen molar-refractivity contribution in [2.45, 2.75) is 13.3 Å². The van der Waals surface area contributed by atoms with Gasteiger partial charge in [-0.2, -0.15) is 0 Å². The van der Waals surface area contributed by atoms with Crippen LogP contribution < -0.4 is 14.8 Å². The van der Waals surface area contributed by atoms with Gasteiger partial charge in [0.05, 0.1) is 13.2 Å². The Bertz CT molecular complexity index is 932. The van der Waals surface area contributed by atoms with E-state index in [0.717, 1.165) is 23.4 Å². The maximum atomic E-state index is 12.7. The Hall–Kier alpha value is -3.21. The third-order valence-electron chi connectivity index (χ3n) is 4.45. The van der Waals surface area contributed by atoms with Crippen LogP contribution in [0.4, 0.5) is 5.69 Å². The average Bonchev–Trinajstić information content (AvgIpc) is 3.08. The van der Waals surface area contributed by atoms with Crippen molar-refractivity contribution in [2.24, 2.45) is 0 Å². The van der Waals surface area contributed by atoms with Crippen molar-refractivity contribution in [2.75, 3.05) is 18.5 Å². The number of nitrogens with one attached hydrogen (secondary N) is 1. The third-order valence-corrected chi connectivity index (χ3v) is 4.45. The fraction of sp³-hybridized carbons (Fsp3) is 0.190. The molecule has 1 N–H and O–H groups in total. The van der Waals surface area contributed by atoms with Crippen LogP contribution in [0.1, 0.15) is 22.3 Å². The fourth-order valence-corrected chi connectivity index (χ4v) is 3.03. The topological polar surface area (TPSA) is 52.5 Å². The number of hydrogen-bond donors (Lipinski definition) is 1. The minimum absolute atomic E-state index is 0.173. The van der Waals surface area contributed by atoms with Gasteiger partial charge in [0, 0.05) is 35.8 Å². The third kappa shape index (κ3) is 3.16. The number of benzene rings is 2. The average molecular weight is 348 g/mol. The SMILES string of the molecule is Cc1c(NC(=O)c2ccc3c(c2)OCCCO3)cccc1-n1cccc1. The number of nitrogens with zero attached hydrogens (tertiary/aromatic N) is 1. The number of hydrogen-bond acceptors (Lipinski definition) is 3. The van der Waals surface area contributed by atoms with Crippen molar-refractivity contribution in [3.8, 4) is 17.2 Å². The highest BCUT2D eigenvalue weighted by molar-refractivity contribution is 6.05. The predicted octanol–water partition coefficient (Wildman–Crippen LogP) is 4.20. The van der Waals surface area contributed by atoms with Crippen LogP contribution in [0.2, 0.25) is 0 Å². The zero-order valence-electron chi connectivity index (χ0n) is 14.6. The molecule has 1 amide bonds. The molecule has 3 aromatic rings. The summed E-state index contributed by atoms with van der Waals surface area (Å²) in [5, 5.41) is 3.00. The summed E-state index contributed by atoms with van der Waals surface area (Å²) in [4.78, 5) is 12.7. The van der Waals surface area contributed by atoms with E-state index in [1.807, 2.05) is 54.2 Å². The van der Waals surface area contributed by atoms with Gasteiger partial charge in [0.1, 0.15) is 0 Å². The van der Waals surface area contributed by atoms with Crippen LogP contribution in [-0.2, 0) is 0 Å². The molecule has 0 radical (unpaired) electrons. The molecule has 4 rings (SSSR count). The predicted molar refractivity (Wildman–Crippen MR) is 101 cm³/mol. The van der Waals surface area contributed by atoms with Crippen molar-refractivity contribution in [1.29, 1.82) is 0 Å². The highest BCUT2D eigenvalue weighted by Crippen LogP contribution is 2.31. The lowest BCUT2D eigenvalue weighted by atomic mass is 10.1. The molecule has 0 bridgehead atoms. The first-order valence-corrected chi connectivity index (χ1v) is 8.66. The van der Waals surface area contributed by atoms with E-state index in [0.29, 0.717) is 30.3 Å². The molecular weight excluding hydrogens is 328 g/mol. The minimum atomic E-state index is -0.173. The molecule has 0 spiro atoms. The van der Waals surface area contributed by atoms with Crippen molar-refractivity contribution in [3.63, 3.8) is 0 Å². The van der Waals surface area contributed by atoms with Crippen LogP contribution in [0.25, 0.3) is 5.69 Å². The van der Waals surface area contributed by atoms with Gasteiger partial charge in [0.2, 0.25) is 0 Å². The second-order valence-corrected chi connectivity index (χ2v) is 6.21. The number of anilines is 1. The van der Waals surface area contributed by atoms with Gasteiger partial charge in [-0.1, -0.05) is 6.07 Å². The largest absolute Gasteiger partial charge is 0.490 e. The summed E-state index contributed by atoms with van der Waals surface area (Å²) in [6.07, 6.45) is 4.80. The lowest BCUT2D eigenvalue weighted by Crippen LogP contribution is -2.13. The first-order valence-electron chi connectivity index (χ1n) is 8.66. The summed E-state index contributed by atoms with van der Waals surface area (Å²) in [7, 11) is 0. The first kappa shape index (κ1) is 16.3. The van der Waals surface area contributed by atoms with Crippen LogP contribution in [0.3, 0.4) is 0 Å². The summed E-state index contributed by atoms with van der Waals surface area (Å²) in [5.41, 5.74) is 3.37. The fourth-order valence-electron chi connectivity index (χ4n) is 3.03. The van der Waals surface area contributed by atoms with E-state index in [-0.39, 0.29) is 5.91 Å². The van der Waals surface area contributed by atoms with Crippen LogP contribution >= 0.6 is 0 Å². The van der Waals surface area contributed by atoms with E-state index in [1.54, 1.807) is 18.2 Å². The molecule has 0 atom stereocenters. The summed E-state index contributed by atoms with van der Waals surface area (Å²) < 4.78 is 13.3. The molecule has 1 aliphatic rings. The summed E-state index contributed by atoms with van der Waals surface area (Å²) in [6.45, 7) is 3.22. The van der Waals surface area contributed by atoms with Gasteiger partial charge in [0.25, 0.3) is 5.91 Å². The van der Waals surface area contributed by atoms with Crippen LogP contribution in [-0.4, -0.2) is 23.7 Å². The van der Waals surface area contributed by atoms with E-state index in [2.05, 4.69) is 5.32 Å². The van der Waals surface area contributed by atoms with Gasteiger partial charge in [-0.15, -0.1) is 0 Å². The molecule has 2 aromatic carbocycles. The van der Waals surface area contributed by atoms with Crippen LogP contribution in [0.15, 0.2) is 60.9 Å². The van der Waals surface area contributed by atoms with Gasteiger partial charge in [-0.25, -0.2) is 0 Å². The summed E-state index contributed by atoms with van der Waals surface area (Å²) in [6, 6.07) is 15.1. The molecule has 2 heterocycles. The summed E-state index contributed by atoms with van der Waals surface area (Å²) in [5.74, 6) is 1.13. The number of ether oxygens (including phenoxy) is 2. The number of rotatable bonds is 3. The number of fused-ring (bicyclic) bond motifs is 1. The number of aromatic nitrogens is 1. The van der Waals surface area contributed by atoms with Gasteiger partial charge < -0.3 is 19.4 Å². The lowest BCUT2D eigenvalue weighted by Gasteiger charge is -2.14.